The lowest BCUT2D eigenvalue weighted by Crippen LogP contribution is -2.45. The molecule has 0 aromatic heterocycles. The second-order valence-electron chi connectivity index (χ2n) is 7.36. The molecule has 0 aromatic carbocycles. The molecule has 0 spiro atoms. The van der Waals surface area contributed by atoms with Crippen LogP contribution in [0.3, 0.4) is 0 Å². The third kappa shape index (κ3) is 4.23. The Hall–Kier alpha value is -0.120. The zero-order valence-electron chi connectivity index (χ0n) is 12.5. The monoisotopic (exact) mass is 243 g/mol. The highest BCUT2D eigenvalue weighted by Crippen LogP contribution is 2.43. The lowest BCUT2D eigenvalue weighted by atomic mass is 9.82. The molecule has 0 bridgehead atoms. The fourth-order valence-corrected chi connectivity index (χ4v) is 2.73. The third-order valence-electron chi connectivity index (χ3n) is 3.37. The van der Waals surface area contributed by atoms with E-state index in [4.69, 9.17) is 15.2 Å². The van der Waals surface area contributed by atoms with Crippen LogP contribution >= 0.6 is 0 Å². The Bertz CT molecular complexity index is 266. The Morgan fingerprint density at radius 2 is 1.82 bits per heavy atom. The van der Waals surface area contributed by atoms with Gasteiger partial charge in [-0.25, -0.2) is 0 Å². The van der Waals surface area contributed by atoms with Gasteiger partial charge in [-0.1, -0.05) is 0 Å². The van der Waals surface area contributed by atoms with Gasteiger partial charge in [0, 0.05) is 12.0 Å². The minimum absolute atomic E-state index is 0.0333. The Morgan fingerprint density at radius 3 is 2.18 bits per heavy atom. The van der Waals surface area contributed by atoms with Gasteiger partial charge in [-0.3, -0.25) is 0 Å². The van der Waals surface area contributed by atoms with Crippen molar-refractivity contribution in [2.24, 2.45) is 11.7 Å². The van der Waals surface area contributed by atoms with Crippen LogP contribution in [0.1, 0.15) is 54.9 Å². The molecule has 3 heteroatoms. The van der Waals surface area contributed by atoms with E-state index >= 15 is 0 Å². The van der Waals surface area contributed by atoms with Gasteiger partial charge in [0.1, 0.15) is 0 Å². The summed E-state index contributed by atoms with van der Waals surface area (Å²) in [6, 6.07) is 0.0333. The lowest BCUT2D eigenvalue weighted by molar-refractivity contribution is -0.0832. The first-order valence-electron chi connectivity index (χ1n) is 6.53. The molecule has 0 aliphatic carbocycles. The molecule has 1 heterocycles. The normalized spacial score (nSPS) is 29.3. The highest BCUT2D eigenvalue weighted by Gasteiger charge is 2.48. The van der Waals surface area contributed by atoms with Crippen molar-refractivity contribution in [1.82, 2.24) is 0 Å². The topological polar surface area (TPSA) is 44.5 Å². The zero-order chi connectivity index (χ0) is 13.5. The smallest absolute Gasteiger partial charge is 0.0678 e. The molecular formula is C14H29NO2. The molecule has 0 amide bonds. The summed E-state index contributed by atoms with van der Waals surface area (Å²) in [4.78, 5) is 0. The van der Waals surface area contributed by atoms with Crippen LogP contribution in [0, 0.1) is 5.92 Å². The maximum Gasteiger partial charge on any atom is 0.0678 e. The summed E-state index contributed by atoms with van der Waals surface area (Å²) in [7, 11) is 0. The Labute approximate surface area is 106 Å². The van der Waals surface area contributed by atoms with Crippen molar-refractivity contribution in [3.8, 4) is 0 Å². The summed E-state index contributed by atoms with van der Waals surface area (Å²) in [5.74, 6) is 0.347. The van der Waals surface area contributed by atoms with Gasteiger partial charge in [-0.15, -0.1) is 0 Å². The van der Waals surface area contributed by atoms with Crippen LogP contribution < -0.4 is 5.73 Å². The quantitative estimate of drug-likeness (QED) is 0.829. The maximum atomic E-state index is 6.28. The number of hydrogen-bond donors (Lipinski definition) is 1. The Morgan fingerprint density at radius 1 is 1.29 bits per heavy atom. The molecule has 0 saturated carbocycles. The van der Waals surface area contributed by atoms with Crippen molar-refractivity contribution in [2.45, 2.75) is 77.7 Å². The fourth-order valence-electron chi connectivity index (χ4n) is 2.73. The average molecular weight is 243 g/mol. The minimum atomic E-state index is -0.163. The molecule has 0 aromatic rings. The molecule has 1 saturated heterocycles. The molecule has 1 fully saturated rings. The zero-order valence-corrected chi connectivity index (χ0v) is 12.5. The van der Waals surface area contributed by atoms with E-state index in [1.807, 2.05) is 0 Å². The van der Waals surface area contributed by atoms with Gasteiger partial charge in [-0.05, 0) is 54.9 Å². The predicted molar refractivity (Wildman–Crippen MR) is 71.0 cm³/mol. The van der Waals surface area contributed by atoms with Crippen LogP contribution in [-0.2, 0) is 9.47 Å². The second kappa shape index (κ2) is 4.52. The van der Waals surface area contributed by atoms with E-state index in [1.54, 1.807) is 0 Å². The second-order valence-corrected chi connectivity index (χ2v) is 7.36. The van der Waals surface area contributed by atoms with Gasteiger partial charge >= 0.3 is 0 Å². The summed E-state index contributed by atoms with van der Waals surface area (Å²) >= 11 is 0. The first-order valence-corrected chi connectivity index (χ1v) is 6.53. The SMILES string of the molecule is CC(C)(C)OCC(N)C1CC(C)(C)OC1(C)C. The first-order chi connectivity index (χ1) is 7.43. The molecule has 17 heavy (non-hydrogen) atoms. The highest BCUT2D eigenvalue weighted by molar-refractivity contribution is 4.98. The summed E-state index contributed by atoms with van der Waals surface area (Å²) in [5.41, 5.74) is 5.91. The van der Waals surface area contributed by atoms with Crippen LogP contribution in [0.5, 0.6) is 0 Å². The van der Waals surface area contributed by atoms with Gasteiger partial charge in [0.15, 0.2) is 0 Å². The molecule has 2 N–H and O–H groups in total. The van der Waals surface area contributed by atoms with Crippen molar-refractivity contribution in [2.75, 3.05) is 6.61 Å². The van der Waals surface area contributed by atoms with Gasteiger partial charge in [0.25, 0.3) is 0 Å². The van der Waals surface area contributed by atoms with Gasteiger partial charge in [0.05, 0.1) is 23.4 Å². The van der Waals surface area contributed by atoms with E-state index in [9.17, 15) is 0 Å². The van der Waals surface area contributed by atoms with Crippen molar-refractivity contribution in [1.29, 1.82) is 0 Å². The average Bonchev–Trinajstić information content (AvgIpc) is 2.29. The molecular weight excluding hydrogens is 214 g/mol. The molecule has 2 unspecified atom stereocenters. The van der Waals surface area contributed by atoms with Crippen LogP contribution in [0.4, 0.5) is 0 Å². The Kier molecular flexibility index (Phi) is 3.98. The summed E-state index contributed by atoms with van der Waals surface area (Å²) in [6.45, 7) is 15.3. The highest BCUT2D eigenvalue weighted by atomic mass is 16.5. The van der Waals surface area contributed by atoms with E-state index in [0.29, 0.717) is 12.5 Å². The summed E-state index contributed by atoms with van der Waals surface area (Å²) in [6.07, 6.45) is 0.995. The van der Waals surface area contributed by atoms with Crippen molar-refractivity contribution in [3.05, 3.63) is 0 Å². The van der Waals surface area contributed by atoms with E-state index in [-0.39, 0.29) is 22.8 Å². The Balaban J connectivity index is 2.61. The molecule has 3 nitrogen and oxygen atoms in total. The van der Waals surface area contributed by atoms with Crippen molar-refractivity contribution in [3.63, 3.8) is 0 Å². The molecule has 1 aliphatic rings. The maximum absolute atomic E-state index is 6.28. The van der Waals surface area contributed by atoms with E-state index in [0.717, 1.165) is 6.42 Å². The third-order valence-corrected chi connectivity index (χ3v) is 3.37. The van der Waals surface area contributed by atoms with Gasteiger partial charge < -0.3 is 15.2 Å². The van der Waals surface area contributed by atoms with E-state index in [2.05, 4.69) is 48.5 Å². The van der Waals surface area contributed by atoms with Crippen molar-refractivity contribution < 1.29 is 9.47 Å². The molecule has 1 rings (SSSR count). The number of ether oxygens (including phenoxy) is 2. The number of nitrogens with two attached hydrogens (primary N) is 1. The van der Waals surface area contributed by atoms with Gasteiger partial charge in [0.2, 0.25) is 0 Å². The number of rotatable bonds is 3. The fraction of sp³-hybridized carbons (Fsp3) is 1.00. The van der Waals surface area contributed by atoms with E-state index in [1.165, 1.54) is 0 Å². The minimum Gasteiger partial charge on any atom is -0.374 e. The summed E-state index contributed by atoms with van der Waals surface area (Å²) < 4.78 is 11.9. The molecule has 102 valence electrons. The molecule has 0 radical (unpaired) electrons. The summed E-state index contributed by atoms with van der Waals surface area (Å²) in [5, 5.41) is 0. The van der Waals surface area contributed by atoms with E-state index < -0.39 is 0 Å². The lowest BCUT2D eigenvalue weighted by Gasteiger charge is -2.32. The standard InChI is InChI=1S/C14H29NO2/c1-12(2,3)16-9-11(15)10-8-13(4,5)17-14(10,6)7/h10-11H,8-9,15H2,1-7H3. The first kappa shape index (κ1) is 14.9. The van der Waals surface area contributed by atoms with Crippen LogP contribution in [0.15, 0.2) is 0 Å². The van der Waals surface area contributed by atoms with Crippen LogP contribution in [0.25, 0.3) is 0 Å². The number of hydrogen-bond acceptors (Lipinski definition) is 3. The van der Waals surface area contributed by atoms with Crippen LogP contribution in [-0.4, -0.2) is 29.5 Å². The van der Waals surface area contributed by atoms with Gasteiger partial charge in [-0.2, -0.15) is 0 Å². The molecule has 1 aliphatic heterocycles. The molecule has 2 atom stereocenters. The predicted octanol–water partition coefficient (Wildman–Crippen LogP) is 2.72. The van der Waals surface area contributed by atoms with Crippen LogP contribution in [0.2, 0.25) is 0 Å². The largest absolute Gasteiger partial charge is 0.374 e. The van der Waals surface area contributed by atoms with Crippen molar-refractivity contribution >= 4 is 0 Å².